The molecule has 30 heavy (non-hydrogen) atoms. The third kappa shape index (κ3) is 4.67. The molecular formula is C22H22ClN3O3S. The van der Waals surface area contributed by atoms with Gasteiger partial charge in [0.2, 0.25) is 0 Å². The molecule has 4 rings (SSSR count). The number of halogens is 1. The number of likely N-dealkylation sites (tertiary alicyclic amines) is 1. The van der Waals surface area contributed by atoms with Crippen molar-refractivity contribution in [2.24, 2.45) is 5.92 Å². The molecule has 6 nitrogen and oxygen atoms in total. The zero-order valence-corrected chi connectivity index (χ0v) is 18.1. The highest BCUT2D eigenvalue weighted by molar-refractivity contribution is 8.00. The summed E-state index contributed by atoms with van der Waals surface area (Å²) < 4.78 is 9.29. The minimum atomic E-state index is -0.952. The minimum Gasteiger partial charge on any atom is -0.491 e. The molecule has 2 aromatic rings. The maximum absolute atomic E-state index is 11.4. The lowest BCUT2D eigenvalue weighted by Crippen LogP contribution is -2.46. The summed E-state index contributed by atoms with van der Waals surface area (Å²) in [7, 11) is 2.07. The van der Waals surface area contributed by atoms with Gasteiger partial charge in [0.25, 0.3) is 0 Å². The van der Waals surface area contributed by atoms with Crippen molar-refractivity contribution in [2.45, 2.75) is 23.7 Å². The standard InChI is InChI=1S/C22H22ClN3O3S/c1-26-10-13(11-26)12-29-20-8-18(23)16(9-24)6-19(20)25-30-21-7-15(22(27)28)4-5-17(21)14-2-3-14/h4-8,13-14,25H,2-3,10-12H2,1H3,(H,27,28). The number of aromatic carboxylic acids is 1. The Labute approximate surface area is 184 Å². The number of ether oxygens (including phenoxy) is 1. The second-order valence-corrected chi connectivity index (χ2v) is 9.13. The number of hydrogen-bond acceptors (Lipinski definition) is 6. The summed E-state index contributed by atoms with van der Waals surface area (Å²) in [4.78, 5) is 14.5. The van der Waals surface area contributed by atoms with Crippen LogP contribution in [0.3, 0.4) is 0 Å². The van der Waals surface area contributed by atoms with Crippen molar-refractivity contribution in [3.05, 3.63) is 52.0 Å². The van der Waals surface area contributed by atoms with E-state index in [0.717, 1.165) is 36.4 Å². The summed E-state index contributed by atoms with van der Waals surface area (Å²) in [5.41, 5.74) is 2.41. The lowest BCUT2D eigenvalue weighted by molar-refractivity contribution is 0.0696. The van der Waals surface area contributed by atoms with Crippen molar-refractivity contribution in [3.63, 3.8) is 0 Å². The van der Waals surface area contributed by atoms with Crippen LogP contribution < -0.4 is 9.46 Å². The molecule has 1 aliphatic carbocycles. The Balaban J connectivity index is 1.55. The largest absolute Gasteiger partial charge is 0.491 e. The van der Waals surface area contributed by atoms with Gasteiger partial charge in [0, 0.05) is 30.0 Å². The van der Waals surface area contributed by atoms with Crippen LogP contribution in [0, 0.1) is 17.2 Å². The highest BCUT2D eigenvalue weighted by Gasteiger charge is 2.27. The van der Waals surface area contributed by atoms with Crippen molar-refractivity contribution in [2.75, 3.05) is 31.5 Å². The highest BCUT2D eigenvalue weighted by atomic mass is 35.5. The number of hydrogen-bond donors (Lipinski definition) is 2. The first-order chi connectivity index (χ1) is 14.4. The molecule has 0 bridgehead atoms. The Morgan fingerprint density at radius 3 is 2.77 bits per heavy atom. The quantitative estimate of drug-likeness (QED) is 0.564. The fraction of sp³-hybridized carbons (Fsp3) is 0.364. The molecule has 2 aliphatic rings. The van der Waals surface area contributed by atoms with E-state index in [1.54, 1.807) is 24.3 Å². The Morgan fingerprint density at radius 2 is 2.13 bits per heavy atom. The van der Waals surface area contributed by atoms with E-state index in [-0.39, 0.29) is 5.56 Å². The molecule has 2 N–H and O–H groups in total. The van der Waals surface area contributed by atoms with Crippen molar-refractivity contribution < 1.29 is 14.6 Å². The van der Waals surface area contributed by atoms with Crippen LogP contribution in [0.2, 0.25) is 5.02 Å². The fourth-order valence-electron chi connectivity index (χ4n) is 3.58. The lowest BCUT2D eigenvalue weighted by atomic mass is 10.0. The monoisotopic (exact) mass is 443 g/mol. The Hall–Kier alpha value is -2.40. The number of carbonyl (C=O) groups is 1. The van der Waals surface area contributed by atoms with Crippen LogP contribution in [0.1, 0.15) is 40.2 Å². The summed E-state index contributed by atoms with van der Waals surface area (Å²) in [6.45, 7) is 2.57. The summed E-state index contributed by atoms with van der Waals surface area (Å²) >= 11 is 7.56. The van der Waals surface area contributed by atoms with Crippen molar-refractivity contribution in [1.29, 1.82) is 5.26 Å². The molecule has 0 atom stereocenters. The van der Waals surface area contributed by atoms with Crippen LogP contribution >= 0.6 is 23.5 Å². The topological polar surface area (TPSA) is 85.6 Å². The summed E-state index contributed by atoms with van der Waals surface area (Å²) in [6.07, 6.45) is 2.23. The number of rotatable bonds is 8. The van der Waals surface area contributed by atoms with E-state index in [2.05, 4.69) is 22.7 Å². The zero-order chi connectivity index (χ0) is 21.3. The molecule has 1 saturated heterocycles. The number of nitrogens with zero attached hydrogens (tertiary/aromatic N) is 2. The van der Waals surface area contributed by atoms with Crippen LogP contribution in [0.15, 0.2) is 35.2 Å². The normalized spacial score (nSPS) is 16.6. The van der Waals surface area contributed by atoms with Gasteiger partial charge in [-0.3, -0.25) is 0 Å². The molecule has 156 valence electrons. The highest BCUT2D eigenvalue weighted by Crippen LogP contribution is 2.45. The maximum atomic E-state index is 11.4. The molecule has 0 spiro atoms. The summed E-state index contributed by atoms with van der Waals surface area (Å²) in [6, 6.07) is 10.7. The lowest BCUT2D eigenvalue weighted by Gasteiger charge is -2.35. The molecule has 2 aromatic carbocycles. The van der Waals surface area contributed by atoms with Gasteiger partial charge in [0.1, 0.15) is 11.8 Å². The number of nitrogens with one attached hydrogen (secondary N) is 1. The molecule has 1 heterocycles. The van der Waals surface area contributed by atoms with Gasteiger partial charge in [0.05, 0.1) is 28.4 Å². The van der Waals surface area contributed by atoms with Gasteiger partial charge >= 0.3 is 5.97 Å². The number of carboxylic acids is 1. The summed E-state index contributed by atoms with van der Waals surface area (Å²) in [5, 5.41) is 19.1. The molecule has 1 saturated carbocycles. The van der Waals surface area contributed by atoms with Gasteiger partial charge in [0.15, 0.2) is 0 Å². The first-order valence-corrected chi connectivity index (χ1v) is 11.0. The van der Waals surface area contributed by atoms with E-state index in [0.29, 0.717) is 40.5 Å². The SMILES string of the molecule is CN1CC(COc2cc(Cl)c(C#N)cc2NSc2cc(C(=O)O)ccc2C2CC2)C1. The molecule has 0 aromatic heterocycles. The third-order valence-corrected chi connectivity index (χ3v) is 6.56. The van der Waals surface area contributed by atoms with E-state index in [1.807, 2.05) is 6.07 Å². The number of anilines is 1. The first kappa shape index (κ1) is 20.9. The number of carboxylic acid groups (broad SMARTS) is 1. The van der Waals surface area contributed by atoms with Gasteiger partial charge in [-0.15, -0.1) is 0 Å². The van der Waals surface area contributed by atoms with Crippen molar-refractivity contribution >= 4 is 35.2 Å². The Bertz CT molecular complexity index is 1010. The van der Waals surface area contributed by atoms with Gasteiger partial charge in [-0.2, -0.15) is 5.26 Å². The first-order valence-electron chi connectivity index (χ1n) is 9.79. The maximum Gasteiger partial charge on any atom is 0.335 e. The van der Waals surface area contributed by atoms with Crippen molar-refractivity contribution in [3.8, 4) is 11.8 Å². The second-order valence-electron chi connectivity index (χ2n) is 7.87. The Kier molecular flexibility index (Phi) is 6.09. The molecular weight excluding hydrogens is 422 g/mol. The van der Waals surface area contributed by atoms with Gasteiger partial charge in [-0.1, -0.05) is 17.7 Å². The number of benzene rings is 2. The minimum absolute atomic E-state index is 0.253. The Morgan fingerprint density at radius 1 is 1.37 bits per heavy atom. The average Bonchev–Trinajstić information content (AvgIpc) is 3.54. The molecule has 0 unspecified atom stereocenters. The zero-order valence-electron chi connectivity index (χ0n) is 16.5. The van der Waals surface area contributed by atoms with Gasteiger partial charge in [-0.05, 0) is 61.5 Å². The third-order valence-electron chi connectivity index (χ3n) is 5.35. The molecule has 2 fully saturated rings. The fourth-order valence-corrected chi connectivity index (χ4v) is 4.69. The van der Waals surface area contributed by atoms with E-state index in [9.17, 15) is 15.2 Å². The van der Waals surface area contributed by atoms with E-state index in [1.165, 1.54) is 11.9 Å². The van der Waals surface area contributed by atoms with E-state index < -0.39 is 5.97 Å². The predicted molar refractivity (Wildman–Crippen MR) is 118 cm³/mol. The smallest absolute Gasteiger partial charge is 0.335 e. The average molecular weight is 444 g/mol. The van der Waals surface area contributed by atoms with Crippen LogP contribution in [0.5, 0.6) is 5.75 Å². The van der Waals surface area contributed by atoms with Crippen LogP contribution in [-0.2, 0) is 0 Å². The van der Waals surface area contributed by atoms with E-state index in [4.69, 9.17) is 16.3 Å². The van der Waals surface area contributed by atoms with Crippen LogP contribution in [0.4, 0.5) is 5.69 Å². The molecule has 1 aliphatic heterocycles. The van der Waals surface area contributed by atoms with Gasteiger partial charge < -0.3 is 19.5 Å². The summed E-state index contributed by atoms with van der Waals surface area (Å²) in [5.74, 6) is 0.581. The van der Waals surface area contributed by atoms with E-state index >= 15 is 0 Å². The molecule has 8 heteroatoms. The number of nitriles is 1. The molecule has 0 amide bonds. The predicted octanol–water partition coefficient (Wildman–Crippen LogP) is 4.85. The van der Waals surface area contributed by atoms with Crippen LogP contribution in [0.25, 0.3) is 0 Å². The second kappa shape index (κ2) is 8.76. The van der Waals surface area contributed by atoms with Crippen LogP contribution in [-0.4, -0.2) is 42.7 Å². The molecule has 0 radical (unpaired) electrons. The van der Waals surface area contributed by atoms with Gasteiger partial charge in [-0.25, -0.2) is 4.79 Å². The van der Waals surface area contributed by atoms with Crippen molar-refractivity contribution in [1.82, 2.24) is 4.90 Å².